The highest BCUT2D eigenvalue weighted by molar-refractivity contribution is 5.80. The zero-order valence-corrected chi connectivity index (χ0v) is 16.2. The summed E-state index contributed by atoms with van der Waals surface area (Å²) >= 11 is 0. The van der Waals surface area contributed by atoms with Crippen LogP contribution in [0.1, 0.15) is 19.8 Å². The number of phenols is 1. The van der Waals surface area contributed by atoms with Gasteiger partial charge in [0.05, 0.1) is 5.69 Å². The van der Waals surface area contributed by atoms with Gasteiger partial charge < -0.3 is 25.1 Å². The van der Waals surface area contributed by atoms with Crippen LogP contribution in [-0.4, -0.2) is 80.3 Å². The predicted molar refractivity (Wildman–Crippen MR) is 108 cm³/mol. The molecule has 0 bridgehead atoms. The van der Waals surface area contributed by atoms with Crippen LogP contribution in [0, 0.1) is 5.92 Å². The molecule has 1 aromatic rings. The quantitative estimate of drug-likeness (QED) is 0.634. The lowest BCUT2D eigenvalue weighted by Crippen LogP contribution is -2.52. The zero-order chi connectivity index (χ0) is 18.4. The van der Waals surface area contributed by atoms with Crippen molar-refractivity contribution in [2.75, 3.05) is 64.3 Å². The number of nitrogens with one attached hydrogen (secondary N) is 1. The largest absolute Gasteiger partial charge is 0.506 e. The van der Waals surface area contributed by atoms with E-state index in [0.29, 0.717) is 11.7 Å². The first-order valence-electron chi connectivity index (χ1n) is 9.92. The number of aliphatic imine (C=N–C) groups is 1. The molecule has 0 saturated carbocycles. The smallest absolute Gasteiger partial charge is 0.194 e. The number of aromatic hydroxyl groups is 1. The third-order valence-corrected chi connectivity index (χ3v) is 5.36. The lowest BCUT2D eigenvalue weighted by molar-refractivity contribution is 0.214. The van der Waals surface area contributed by atoms with Gasteiger partial charge in [-0.1, -0.05) is 12.1 Å². The average Bonchev–Trinajstić information content (AvgIpc) is 2.66. The van der Waals surface area contributed by atoms with Crippen LogP contribution in [0.25, 0.3) is 0 Å². The van der Waals surface area contributed by atoms with Gasteiger partial charge in [0.15, 0.2) is 5.96 Å². The van der Waals surface area contributed by atoms with Crippen molar-refractivity contribution < 1.29 is 5.11 Å². The summed E-state index contributed by atoms with van der Waals surface area (Å²) in [4.78, 5) is 12.0. The number of rotatable bonds is 4. The number of benzene rings is 1. The molecule has 3 rings (SSSR count). The topological polar surface area (TPSA) is 54.3 Å². The fourth-order valence-corrected chi connectivity index (χ4v) is 3.95. The van der Waals surface area contributed by atoms with Gasteiger partial charge in [0.25, 0.3) is 0 Å². The average molecular weight is 360 g/mol. The van der Waals surface area contributed by atoms with Crippen LogP contribution in [-0.2, 0) is 0 Å². The minimum atomic E-state index is 0.364. The Bertz CT molecular complexity index is 598. The molecule has 6 nitrogen and oxygen atoms in total. The van der Waals surface area contributed by atoms with Crippen LogP contribution in [0.2, 0.25) is 0 Å². The molecular formula is C20H33N5O. The Morgan fingerprint density at radius 2 is 1.96 bits per heavy atom. The van der Waals surface area contributed by atoms with Gasteiger partial charge in [0.2, 0.25) is 0 Å². The minimum absolute atomic E-state index is 0.364. The van der Waals surface area contributed by atoms with E-state index in [4.69, 9.17) is 4.99 Å². The van der Waals surface area contributed by atoms with E-state index < -0.39 is 0 Å². The van der Waals surface area contributed by atoms with E-state index in [-0.39, 0.29) is 0 Å². The van der Waals surface area contributed by atoms with E-state index in [2.05, 4.69) is 34.0 Å². The third-order valence-electron chi connectivity index (χ3n) is 5.36. The van der Waals surface area contributed by atoms with Crippen molar-refractivity contribution in [3.05, 3.63) is 24.3 Å². The van der Waals surface area contributed by atoms with Gasteiger partial charge in [-0.25, -0.2) is 0 Å². The van der Waals surface area contributed by atoms with Crippen LogP contribution < -0.4 is 10.2 Å². The summed E-state index contributed by atoms with van der Waals surface area (Å²) in [5.41, 5.74) is 0.930. The summed E-state index contributed by atoms with van der Waals surface area (Å²) in [7, 11) is 2.21. The highest BCUT2D eigenvalue weighted by atomic mass is 16.3. The Hall–Kier alpha value is -1.95. The second-order valence-electron chi connectivity index (χ2n) is 7.43. The van der Waals surface area contributed by atoms with Gasteiger partial charge in [-0.15, -0.1) is 0 Å². The van der Waals surface area contributed by atoms with E-state index in [1.165, 1.54) is 19.4 Å². The number of likely N-dealkylation sites (tertiary alicyclic amines) is 1. The van der Waals surface area contributed by atoms with Crippen molar-refractivity contribution in [2.45, 2.75) is 19.8 Å². The predicted octanol–water partition coefficient (Wildman–Crippen LogP) is 1.82. The fourth-order valence-electron chi connectivity index (χ4n) is 3.95. The Balaban J connectivity index is 1.57. The SMILES string of the molecule is CCNC(=NCC1CCCN(C)C1)N1CCN(c2ccccc2O)CC1. The summed E-state index contributed by atoms with van der Waals surface area (Å²) in [5, 5.41) is 13.5. The van der Waals surface area contributed by atoms with Crippen LogP contribution in [0.15, 0.2) is 29.3 Å². The van der Waals surface area contributed by atoms with E-state index >= 15 is 0 Å². The maximum absolute atomic E-state index is 10.1. The third kappa shape index (κ3) is 4.81. The molecule has 0 aromatic heterocycles. The Kier molecular flexibility index (Phi) is 6.61. The molecule has 2 saturated heterocycles. The van der Waals surface area contributed by atoms with Gasteiger partial charge in [-0.05, 0) is 51.4 Å². The lowest BCUT2D eigenvalue weighted by Gasteiger charge is -2.38. The summed E-state index contributed by atoms with van der Waals surface area (Å²) < 4.78 is 0. The van der Waals surface area contributed by atoms with E-state index in [1.54, 1.807) is 6.07 Å². The van der Waals surface area contributed by atoms with Crippen molar-refractivity contribution in [2.24, 2.45) is 10.9 Å². The van der Waals surface area contributed by atoms with E-state index in [1.807, 2.05) is 18.2 Å². The van der Waals surface area contributed by atoms with Crippen LogP contribution in [0.3, 0.4) is 0 Å². The number of piperidine rings is 1. The molecule has 2 heterocycles. The second-order valence-corrected chi connectivity index (χ2v) is 7.43. The lowest BCUT2D eigenvalue weighted by atomic mass is 9.99. The molecular weight excluding hydrogens is 326 g/mol. The number of para-hydroxylation sites is 2. The molecule has 0 spiro atoms. The van der Waals surface area contributed by atoms with Crippen molar-refractivity contribution in [1.29, 1.82) is 0 Å². The fraction of sp³-hybridized carbons (Fsp3) is 0.650. The molecule has 0 aliphatic carbocycles. The van der Waals surface area contributed by atoms with Crippen molar-refractivity contribution in [3.63, 3.8) is 0 Å². The van der Waals surface area contributed by atoms with Gasteiger partial charge in [-0.2, -0.15) is 0 Å². The number of piperazine rings is 1. The first kappa shape index (κ1) is 18.8. The summed E-state index contributed by atoms with van der Waals surface area (Å²) in [5.74, 6) is 2.07. The monoisotopic (exact) mass is 359 g/mol. The maximum Gasteiger partial charge on any atom is 0.194 e. The Morgan fingerprint density at radius 1 is 1.19 bits per heavy atom. The number of phenolic OH excluding ortho intramolecular Hbond substituents is 1. The first-order valence-corrected chi connectivity index (χ1v) is 9.92. The maximum atomic E-state index is 10.1. The number of guanidine groups is 1. The standard InChI is InChI=1S/C20H33N5O/c1-3-21-20(22-15-17-7-6-10-23(2)16-17)25-13-11-24(12-14-25)18-8-4-5-9-19(18)26/h4-5,8-9,17,26H,3,6-7,10-16H2,1-2H3,(H,21,22). The molecule has 0 amide bonds. The second kappa shape index (κ2) is 9.12. The van der Waals surface area contributed by atoms with Crippen LogP contribution in [0.4, 0.5) is 5.69 Å². The Labute approximate surface area is 157 Å². The zero-order valence-electron chi connectivity index (χ0n) is 16.2. The minimum Gasteiger partial charge on any atom is -0.506 e. The number of anilines is 1. The van der Waals surface area contributed by atoms with Gasteiger partial charge >= 0.3 is 0 Å². The molecule has 144 valence electrons. The number of nitrogens with zero attached hydrogens (tertiary/aromatic N) is 4. The van der Waals surface area contributed by atoms with Crippen molar-refractivity contribution in [1.82, 2.24) is 15.1 Å². The summed E-state index contributed by atoms with van der Waals surface area (Å²) in [6.45, 7) is 9.94. The van der Waals surface area contributed by atoms with Crippen molar-refractivity contribution >= 4 is 11.6 Å². The molecule has 2 fully saturated rings. The first-order chi connectivity index (χ1) is 12.7. The summed E-state index contributed by atoms with van der Waals surface area (Å²) in [6.07, 6.45) is 2.57. The molecule has 1 atom stereocenters. The molecule has 26 heavy (non-hydrogen) atoms. The van der Waals surface area contributed by atoms with E-state index in [0.717, 1.165) is 57.5 Å². The molecule has 0 radical (unpaired) electrons. The normalized spacial score (nSPS) is 22.5. The van der Waals surface area contributed by atoms with Crippen molar-refractivity contribution in [3.8, 4) is 5.75 Å². The molecule has 6 heteroatoms. The summed E-state index contributed by atoms with van der Waals surface area (Å²) in [6, 6.07) is 7.60. The molecule has 2 N–H and O–H groups in total. The number of hydrogen-bond acceptors (Lipinski definition) is 4. The van der Waals surface area contributed by atoms with Gasteiger partial charge in [0, 0.05) is 45.8 Å². The molecule has 1 unspecified atom stereocenters. The molecule has 1 aromatic carbocycles. The van der Waals surface area contributed by atoms with E-state index in [9.17, 15) is 5.11 Å². The van der Waals surface area contributed by atoms with Crippen LogP contribution >= 0.6 is 0 Å². The van der Waals surface area contributed by atoms with Crippen LogP contribution in [0.5, 0.6) is 5.75 Å². The Morgan fingerprint density at radius 3 is 2.65 bits per heavy atom. The molecule has 2 aliphatic rings. The number of hydrogen-bond donors (Lipinski definition) is 2. The highest BCUT2D eigenvalue weighted by Gasteiger charge is 2.22. The molecule has 2 aliphatic heterocycles. The van der Waals surface area contributed by atoms with Gasteiger partial charge in [0.1, 0.15) is 5.75 Å². The highest BCUT2D eigenvalue weighted by Crippen LogP contribution is 2.27. The van der Waals surface area contributed by atoms with Gasteiger partial charge in [-0.3, -0.25) is 4.99 Å².